The van der Waals surface area contributed by atoms with Crippen LogP contribution in [0.3, 0.4) is 0 Å². The van der Waals surface area contributed by atoms with Crippen LogP contribution >= 0.6 is 0 Å². The molecule has 0 aliphatic heterocycles. The van der Waals surface area contributed by atoms with Crippen LogP contribution in [-0.2, 0) is 42.7 Å². The molecular weight excluding hydrogens is 432 g/mol. The molecule has 0 unspecified atom stereocenters. The van der Waals surface area contributed by atoms with Crippen LogP contribution in [0.25, 0.3) is 0 Å². The number of methoxy groups -OCH3 is 1. The summed E-state index contributed by atoms with van der Waals surface area (Å²) >= 11 is 0. The summed E-state index contributed by atoms with van der Waals surface area (Å²) in [5, 5.41) is 0. The van der Waals surface area contributed by atoms with Crippen molar-refractivity contribution in [3.8, 4) is 0 Å². The monoisotopic (exact) mass is 480 g/mol. The summed E-state index contributed by atoms with van der Waals surface area (Å²) in [6, 6.07) is 0. The maximum Gasteiger partial charge on any atom is 0.307 e. The lowest BCUT2D eigenvalue weighted by atomic mass is 10.1. The topological polar surface area (TPSA) is 90.9 Å². The first-order valence-corrected chi connectivity index (χ1v) is 12.4. The number of rotatable bonds is 28. The van der Waals surface area contributed by atoms with Crippen LogP contribution in [0.1, 0.15) is 51.9 Å². The minimum atomic E-state index is -0.276. The van der Waals surface area contributed by atoms with Crippen molar-refractivity contribution in [1.29, 1.82) is 0 Å². The van der Waals surface area contributed by atoms with E-state index in [2.05, 4.69) is 11.7 Å². The summed E-state index contributed by atoms with van der Waals surface area (Å²) in [6.07, 6.45) is 7.94. The number of unbranched alkanes of at least 4 members (excludes halogenated alkanes) is 5. The third-order valence-corrected chi connectivity index (χ3v) is 4.55. The molecule has 33 heavy (non-hydrogen) atoms. The van der Waals surface area contributed by atoms with Gasteiger partial charge < -0.3 is 37.9 Å². The summed E-state index contributed by atoms with van der Waals surface area (Å²) in [6.45, 7) is 9.80. The van der Waals surface area contributed by atoms with Crippen molar-refractivity contribution in [3.05, 3.63) is 0 Å². The third kappa shape index (κ3) is 29.2. The first-order chi connectivity index (χ1) is 16.3. The average molecular weight is 481 g/mol. The van der Waals surface area contributed by atoms with Crippen LogP contribution in [0.15, 0.2) is 0 Å². The lowest BCUT2D eigenvalue weighted by Crippen LogP contribution is -2.14. The molecule has 9 heteroatoms. The average Bonchev–Trinajstić information content (AvgIpc) is 2.83. The van der Waals surface area contributed by atoms with Crippen molar-refractivity contribution in [2.75, 3.05) is 99.6 Å². The molecule has 0 bridgehead atoms. The van der Waals surface area contributed by atoms with Gasteiger partial charge in [0.05, 0.1) is 99.4 Å². The molecule has 0 spiro atoms. The number of carbonyl (C=O) groups is 1. The molecule has 0 saturated carbocycles. The summed E-state index contributed by atoms with van der Waals surface area (Å²) < 4.78 is 42.5. The second-order valence-corrected chi connectivity index (χ2v) is 7.38. The third-order valence-electron chi connectivity index (χ3n) is 4.55. The van der Waals surface area contributed by atoms with Crippen molar-refractivity contribution in [2.24, 2.45) is 0 Å². The maximum atomic E-state index is 10.9. The minimum absolute atomic E-state index is 0.257. The molecule has 0 aromatic rings. The Bertz CT molecular complexity index is 383. The van der Waals surface area contributed by atoms with Crippen LogP contribution in [0, 0.1) is 0 Å². The molecule has 0 aromatic carbocycles. The van der Waals surface area contributed by atoms with E-state index in [1.807, 2.05) is 0 Å². The van der Waals surface area contributed by atoms with E-state index in [4.69, 9.17) is 33.2 Å². The van der Waals surface area contributed by atoms with E-state index < -0.39 is 0 Å². The highest BCUT2D eigenvalue weighted by atomic mass is 16.6. The van der Waals surface area contributed by atoms with Gasteiger partial charge >= 0.3 is 5.97 Å². The first-order valence-electron chi connectivity index (χ1n) is 12.4. The van der Waals surface area contributed by atoms with E-state index in [1.165, 1.54) is 39.2 Å². The SMILES string of the molecule is CCCCCCCCOCCOCCOCCOCCOCCOCCOCCC(=O)OC. The predicted octanol–water partition coefficient (Wildman–Crippen LogP) is 3.03. The van der Waals surface area contributed by atoms with Gasteiger partial charge in [0.15, 0.2) is 0 Å². The second kappa shape index (κ2) is 29.2. The minimum Gasteiger partial charge on any atom is -0.469 e. The van der Waals surface area contributed by atoms with E-state index in [9.17, 15) is 4.79 Å². The largest absolute Gasteiger partial charge is 0.469 e. The van der Waals surface area contributed by atoms with E-state index in [0.29, 0.717) is 85.9 Å². The molecule has 0 heterocycles. The van der Waals surface area contributed by atoms with E-state index >= 15 is 0 Å². The van der Waals surface area contributed by atoms with Crippen molar-refractivity contribution < 1.29 is 42.7 Å². The Balaban J connectivity index is 3.02. The van der Waals surface area contributed by atoms with Gasteiger partial charge in [-0.2, -0.15) is 0 Å². The second-order valence-electron chi connectivity index (χ2n) is 7.38. The Morgan fingerprint density at radius 1 is 0.455 bits per heavy atom. The van der Waals surface area contributed by atoms with E-state index in [0.717, 1.165) is 13.0 Å². The molecule has 0 amide bonds. The Morgan fingerprint density at radius 2 is 0.788 bits per heavy atom. The highest BCUT2D eigenvalue weighted by Crippen LogP contribution is 2.04. The zero-order valence-electron chi connectivity index (χ0n) is 21.0. The highest BCUT2D eigenvalue weighted by Gasteiger charge is 1.99. The van der Waals surface area contributed by atoms with Gasteiger partial charge in [0.1, 0.15) is 0 Å². The Morgan fingerprint density at radius 3 is 1.18 bits per heavy atom. The molecule has 9 nitrogen and oxygen atoms in total. The number of ether oxygens (including phenoxy) is 8. The normalized spacial score (nSPS) is 11.2. The standard InChI is InChI=1S/C24H48O9/c1-3-4-5-6-7-8-10-27-12-14-29-16-18-31-20-22-33-23-21-32-19-17-30-15-13-28-11-9-24(25)26-2/h3-23H2,1-2H3. The molecule has 198 valence electrons. The lowest BCUT2D eigenvalue weighted by molar-refractivity contribution is -0.141. The summed E-state index contributed by atoms with van der Waals surface area (Å²) in [5.74, 6) is -0.276. The van der Waals surface area contributed by atoms with Crippen LogP contribution in [0.5, 0.6) is 0 Å². The van der Waals surface area contributed by atoms with E-state index in [-0.39, 0.29) is 12.4 Å². The van der Waals surface area contributed by atoms with E-state index in [1.54, 1.807) is 0 Å². The molecule has 0 atom stereocenters. The van der Waals surface area contributed by atoms with Crippen molar-refractivity contribution >= 4 is 5.97 Å². The number of hydrogen-bond acceptors (Lipinski definition) is 9. The molecule has 0 aliphatic rings. The number of hydrogen-bond donors (Lipinski definition) is 0. The number of esters is 1. The zero-order chi connectivity index (χ0) is 24.1. The van der Waals surface area contributed by atoms with Crippen molar-refractivity contribution in [3.63, 3.8) is 0 Å². The number of carbonyl (C=O) groups excluding carboxylic acids is 1. The summed E-state index contributed by atoms with van der Waals surface area (Å²) in [7, 11) is 1.36. The first kappa shape index (κ1) is 32.2. The molecular formula is C24H48O9. The Kier molecular flexibility index (Phi) is 28.5. The van der Waals surface area contributed by atoms with Gasteiger partial charge in [-0.05, 0) is 6.42 Å². The van der Waals surface area contributed by atoms with Gasteiger partial charge in [0.2, 0.25) is 0 Å². The van der Waals surface area contributed by atoms with Crippen LogP contribution in [0.4, 0.5) is 0 Å². The quantitative estimate of drug-likeness (QED) is 0.124. The molecule has 0 aliphatic carbocycles. The van der Waals surface area contributed by atoms with Crippen molar-refractivity contribution in [1.82, 2.24) is 0 Å². The van der Waals surface area contributed by atoms with Gasteiger partial charge in [0.25, 0.3) is 0 Å². The molecule has 0 aromatic heterocycles. The van der Waals surface area contributed by atoms with Gasteiger partial charge in [-0.15, -0.1) is 0 Å². The molecule has 0 fully saturated rings. The van der Waals surface area contributed by atoms with Gasteiger partial charge in [-0.3, -0.25) is 4.79 Å². The lowest BCUT2D eigenvalue weighted by Gasteiger charge is -2.08. The Labute approximate surface area is 200 Å². The Hall–Kier alpha value is -0.810. The maximum absolute atomic E-state index is 10.9. The molecule has 0 N–H and O–H groups in total. The predicted molar refractivity (Wildman–Crippen MR) is 126 cm³/mol. The fourth-order valence-corrected chi connectivity index (χ4v) is 2.66. The van der Waals surface area contributed by atoms with Crippen LogP contribution < -0.4 is 0 Å². The summed E-state index contributed by atoms with van der Waals surface area (Å²) in [5.41, 5.74) is 0. The summed E-state index contributed by atoms with van der Waals surface area (Å²) in [4.78, 5) is 10.9. The van der Waals surface area contributed by atoms with Crippen molar-refractivity contribution in [2.45, 2.75) is 51.9 Å². The van der Waals surface area contributed by atoms with Crippen LogP contribution in [0.2, 0.25) is 0 Å². The molecule has 0 radical (unpaired) electrons. The van der Waals surface area contributed by atoms with Gasteiger partial charge in [0, 0.05) is 6.61 Å². The zero-order valence-corrected chi connectivity index (χ0v) is 21.0. The van der Waals surface area contributed by atoms with Gasteiger partial charge in [-0.25, -0.2) is 0 Å². The fraction of sp³-hybridized carbons (Fsp3) is 0.958. The smallest absolute Gasteiger partial charge is 0.307 e. The molecule has 0 saturated heterocycles. The highest BCUT2D eigenvalue weighted by molar-refractivity contribution is 5.69. The molecule has 0 rings (SSSR count). The van der Waals surface area contributed by atoms with Crippen LogP contribution in [-0.4, -0.2) is 106 Å². The van der Waals surface area contributed by atoms with Gasteiger partial charge in [-0.1, -0.05) is 39.0 Å². The fourth-order valence-electron chi connectivity index (χ4n) is 2.66.